The third-order valence-corrected chi connectivity index (χ3v) is 7.98. The number of nitrogens with one attached hydrogen (secondary N) is 1. The first-order valence-electron chi connectivity index (χ1n) is 10.8. The Morgan fingerprint density at radius 3 is 2.67 bits per heavy atom. The Morgan fingerprint density at radius 2 is 1.93 bits per heavy atom. The third kappa shape index (κ3) is 7.27. The molecule has 7 heteroatoms. The highest BCUT2D eigenvalue weighted by atomic mass is 32.2. The zero-order valence-corrected chi connectivity index (χ0v) is 19.6. The number of thioether (sulfide) groups is 1. The van der Waals surface area contributed by atoms with E-state index >= 15 is 0 Å². The fraction of sp³-hybridized carbons (Fsp3) is 0.565. The first-order chi connectivity index (χ1) is 14.5. The molecule has 1 saturated carbocycles. The lowest BCUT2D eigenvalue weighted by molar-refractivity contribution is -0.118. The van der Waals surface area contributed by atoms with E-state index in [4.69, 9.17) is 4.42 Å². The lowest BCUT2D eigenvalue weighted by Gasteiger charge is -2.20. The Labute approximate surface area is 186 Å². The van der Waals surface area contributed by atoms with Crippen molar-refractivity contribution < 1.29 is 13.4 Å². The molecule has 0 aliphatic heterocycles. The van der Waals surface area contributed by atoms with E-state index in [1.54, 1.807) is 0 Å². The largest absolute Gasteiger partial charge is 0.441 e. The molecule has 1 aromatic carbocycles. The van der Waals surface area contributed by atoms with E-state index in [2.05, 4.69) is 10.3 Å². The van der Waals surface area contributed by atoms with E-state index < -0.39 is 10.8 Å². The molecule has 5 nitrogen and oxygen atoms in total. The number of hydrogen-bond donors (Lipinski definition) is 1. The molecule has 1 aliphatic carbocycles. The normalized spacial score (nSPS) is 15.8. The van der Waals surface area contributed by atoms with Gasteiger partial charge in [-0.15, -0.1) is 0 Å². The maximum Gasteiger partial charge on any atom is 0.232 e. The number of aryl methyl sites for hydroxylation is 2. The van der Waals surface area contributed by atoms with Crippen LogP contribution in [0.25, 0.3) is 11.5 Å². The number of oxazole rings is 1. The highest BCUT2D eigenvalue weighted by Gasteiger charge is 2.16. The molecule has 1 fully saturated rings. The Morgan fingerprint density at radius 1 is 1.20 bits per heavy atom. The van der Waals surface area contributed by atoms with Crippen LogP contribution in [0.3, 0.4) is 0 Å². The number of hydrogen-bond acceptors (Lipinski definition) is 5. The molecule has 1 aliphatic rings. The minimum atomic E-state index is -1.31. The van der Waals surface area contributed by atoms with Gasteiger partial charge >= 0.3 is 0 Å². The van der Waals surface area contributed by atoms with Crippen LogP contribution in [0, 0.1) is 13.8 Å². The van der Waals surface area contributed by atoms with E-state index in [1.807, 2.05) is 49.9 Å². The number of amides is 1. The summed E-state index contributed by atoms with van der Waals surface area (Å²) in [6.45, 7) is 4.50. The predicted octanol–water partition coefficient (Wildman–Crippen LogP) is 4.78. The molecular formula is C23H32N2O3S2. The van der Waals surface area contributed by atoms with Crippen molar-refractivity contribution >= 4 is 28.5 Å². The van der Waals surface area contributed by atoms with Gasteiger partial charge in [-0.2, -0.15) is 11.8 Å². The average molecular weight is 449 g/mol. The number of rotatable bonds is 10. The van der Waals surface area contributed by atoms with Crippen LogP contribution < -0.4 is 5.32 Å². The Balaban J connectivity index is 1.37. The van der Waals surface area contributed by atoms with Crippen molar-refractivity contribution in [2.24, 2.45) is 0 Å². The van der Waals surface area contributed by atoms with Gasteiger partial charge in [0, 0.05) is 28.2 Å². The number of benzene rings is 1. The van der Waals surface area contributed by atoms with Crippen LogP contribution in [0.2, 0.25) is 0 Å². The van der Waals surface area contributed by atoms with E-state index in [1.165, 1.54) is 37.7 Å². The molecule has 1 atom stereocenters. The summed E-state index contributed by atoms with van der Waals surface area (Å²) < 4.78 is 18.2. The molecule has 3 rings (SSSR count). The highest BCUT2D eigenvalue weighted by molar-refractivity contribution is 7.99. The van der Waals surface area contributed by atoms with Crippen molar-refractivity contribution in [2.75, 3.05) is 18.1 Å². The second kappa shape index (κ2) is 11.7. The van der Waals surface area contributed by atoms with Gasteiger partial charge in [-0.3, -0.25) is 9.00 Å². The van der Waals surface area contributed by atoms with Gasteiger partial charge in [0.1, 0.15) is 11.5 Å². The van der Waals surface area contributed by atoms with Gasteiger partial charge in [0.2, 0.25) is 11.8 Å². The minimum Gasteiger partial charge on any atom is -0.441 e. The molecule has 164 valence electrons. The van der Waals surface area contributed by atoms with Crippen LogP contribution in [-0.2, 0) is 21.3 Å². The summed E-state index contributed by atoms with van der Waals surface area (Å²) in [4.78, 5) is 16.6. The summed E-state index contributed by atoms with van der Waals surface area (Å²) in [5, 5.41) is 3.70. The predicted molar refractivity (Wildman–Crippen MR) is 125 cm³/mol. The van der Waals surface area contributed by atoms with Crippen molar-refractivity contribution in [3.05, 3.63) is 41.3 Å². The summed E-state index contributed by atoms with van der Waals surface area (Å²) in [5.41, 5.74) is 2.71. The monoisotopic (exact) mass is 448 g/mol. The number of aromatic nitrogens is 1. The van der Waals surface area contributed by atoms with E-state index in [0.29, 0.717) is 23.9 Å². The van der Waals surface area contributed by atoms with Crippen LogP contribution in [0.4, 0.5) is 0 Å². The molecule has 1 aromatic heterocycles. The lowest BCUT2D eigenvalue weighted by Crippen LogP contribution is -2.30. The minimum absolute atomic E-state index is 0.00192. The second-order valence-corrected chi connectivity index (χ2v) is 10.8. The number of carbonyl (C=O) groups is 1. The molecule has 1 N–H and O–H groups in total. The summed E-state index contributed by atoms with van der Waals surface area (Å²) >= 11 is 2.04. The summed E-state index contributed by atoms with van der Waals surface area (Å²) in [6.07, 6.45) is 7.73. The van der Waals surface area contributed by atoms with Gasteiger partial charge in [0.15, 0.2) is 0 Å². The Bertz CT molecular complexity index is 843. The fourth-order valence-electron chi connectivity index (χ4n) is 3.56. The van der Waals surface area contributed by atoms with Crippen LogP contribution in [0.1, 0.15) is 55.5 Å². The van der Waals surface area contributed by atoms with Gasteiger partial charge < -0.3 is 9.73 Å². The van der Waals surface area contributed by atoms with Gasteiger partial charge in [-0.25, -0.2) is 4.98 Å². The Kier molecular flexibility index (Phi) is 9.00. The maximum atomic E-state index is 12.4. The highest BCUT2D eigenvalue weighted by Crippen LogP contribution is 2.28. The number of carbonyl (C=O) groups excluding carboxylic acids is 1. The van der Waals surface area contributed by atoms with Crippen LogP contribution >= 0.6 is 11.8 Å². The summed E-state index contributed by atoms with van der Waals surface area (Å²) in [7, 11) is -1.31. The maximum absolute atomic E-state index is 12.4. The summed E-state index contributed by atoms with van der Waals surface area (Å²) in [6, 6.07) is 7.93. The van der Waals surface area contributed by atoms with Crippen molar-refractivity contribution in [1.82, 2.24) is 10.3 Å². The van der Waals surface area contributed by atoms with E-state index in [0.717, 1.165) is 23.0 Å². The third-order valence-electron chi connectivity index (χ3n) is 5.33. The summed E-state index contributed by atoms with van der Waals surface area (Å²) in [5.74, 6) is 2.33. The van der Waals surface area contributed by atoms with Crippen molar-refractivity contribution in [3.63, 3.8) is 0 Å². The fourth-order valence-corrected chi connectivity index (χ4v) is 5.94. The molecular weight excluding hydrogens is 416 g/mol. The molecule has 0 bridgehead atoms. The van der Waals surface area contributed by atoms with Gasteiger partial charge in [0.05, 0.1) is 11.4 Å². The van der Waals surface area contributed by atoms with Gasteiger partial charge in [0.25, 0.3) is 0 Å². The van der Waals surface area contributed by atoms with E-state index in [9.17, 15) is 9.00 Å². The second-order valence-electron chi connectivity index (χ2n) is 7.95. The molecule has 30 heavy (non-hydrogen) atoms. The standard InChI is InChI=1S/C23H32N2O3S2/c1-17-9-11-19(12-10-17)23-25-21(18(2)28-23)15-30(27)16-22(26)24-13-6-14-29-20-7-4-3-5-8-20/h9-12,20H,3-8,13-16H2,1-2H3,(H,24,26). The lowest BCUT2D eigenvalue weighted by atomic mass is 10.0. The zero-order chi connectivity index (χ0) is 21.3. The van der Waals surface area contributed by atoms with Gasteiger partial charge in [-0.05, 0) is 51.0 Å². The van der Waals surface area contributed by atoms with Crippen LogP contribution in [0.15, 0.2) is 28.7 Å². The molecule has 0 spiro atoms. The zero-order valence-electron chi connectivity index (χ0n) is 17.9. The van der Waals surface area contributed by atoms with Crippen molar-refractivity contribution in [3.8, 4) is 11.5 Å². The Hall–Kier alpha value is -1.60. The number of nitrogens with zero attached hydrogens (tertiary/aromatic N) is 1. The molecule has 0 radical (unpaired) electrons. The van der Waals surface area contributed by atoms with Crippen LogP contribution in [-0.4, -0.2) is 38.4 Å². The quantitative estimate of drug-likeness (QED) is 0.530. The van der Waals surface area contributed by atoms with Crippen LogP contribution in [0.5, 0.6) is 0 Å². The SMILES string of the molecule is Cc1ccc(-c2nc(CS(=O)CC(=O)NCCCSC3CCCCC3)c(C)o2)cc1. The smallest absolute Gasteiger partial charge is 0.232 e. The topological polar surface area (TPSA) is 72.2 Å². The average Bonchev–Trinajstić information content (AvgIpc) is 3.09. The molecule has 2 aromatic rings. The van der Waals surface area contributed by atoms with E-state index in [-0.39, 0.29) is 17.4 Å². The van der Waals surface area contributed by atoms with Crippen molar-refractivity contribution in [2.45, 2.75) is 63.4 Å². The van der Waals surface area contributed by atoms with Gasteiger partial charge in [-0.1, -0.05) is 37.0 Å². The van der Waals surface area contributed by atoms with Crippen molar-refractivity contribution in [1.29, 1.82) is 0 Å². The molecule has 1 amide bonds. The molecule has 1 heterocycles. The molecule has 0 saturated heterocycles. The first kappa shape index (κ1) is 23.1. The first-order valence-corrected chi connectivity index (χ1v) is 13.3. The molecule has 1 unspecified atom stereocenters.